The summed E-state index contributed by atoms with van der Waals surface area (Å²) in [5, 5.41) is 1.81. The first kappa shape index (κ1) is 18.3. The van der Waals surface area contributed by atoms with Crippen LogP contribution in [-0.2, 0) is 14.3 Å². The first-order valence-electron chi connectivity index (χ1n) is 8.84. The number of anilines is 1. The predicted molar refractivity (Wildman–Crippen MR) is 94.4 cm³/mol. The second-order valence-corrected chi connectivity index (χ2v) is 6.75. The Morgan fingerprint density at radius 1 is 1.21 bits per heavy atom. The molecule has 1 atom stereocenters. The Kier molecular flexibility index (Phi) is 6.64. The minimum Gasteiger partial charge on any atom is -0.464 e. The van der Waals surface area contributed by atoms with Gasteiger partial charge in [0, 0.05) is 6.42 Å². The average Bonchev–Trinajstić information content (AvgIpc) is 2.89. The van der Waals surface area contributed by atoms with Gasteiger partial charge in [0.2, 0.25) is 5.91 Å². The van der Waals surface area contributed by atoms with Gasteiger partial charge in [0.1, 0.15) is 12.0 Å². The zero-order valence-electron chi connectivity index (χ0n) is 14.7. The topological polar surface area (TPSA) is 58.6 Å². The van der Waals surface area contributed by atoms with Gasteiger partial charge in [0.05, 0.1) is 12.2 Å². The van der Waals surface area contributed by atoms with E-state index in [-0.39, 0.29) is 18.5 Å². The molecule has 24 heavy (non-hydrogen) atoms. The highest BCUT2D eigenvalue weighted by molar-refractivity contribution is 5.88. The third kappa shape index (κ3) is 4.98. The van der Waals surface area contributed by atoms with E-state index in [1.165, 1.54) is 12.8 Å². The number of nitrogens with zero attached hydrogens (tertiary/aromatic N) is 1. The van der Waals surface area contributed by atoms with Crippen LogP contribution in [0.2, 0.25) is 0 Å². The third-order valence-corrected chi connectivity index (χ3v) is 4.40. The van der Waals surface area contributed by atoms with E-state index in [2.05, 4.69) is 12.3 Å². The van der Waals surface area contributed by atoms with Crippen LogP contribution in [0.25, 0.3) is 0 Å². The summed E-state index contributed by atoms with van der Waals surface area (Å²) in [6, 6.07) is 9.66. The second-order valence-electron chi connectivity index (χ2n) is 6.75. The van der Waals surface area contributed by atoms with Gasteiger partial charge in [-0.1, -0.05) is 50.8 Å². The van der Waals surface area contributed by atoms with Gasteiger partial charge in [-0.15, -0.1) is 0 Å². The molecule has 1 amide bonds. The maximum absolute atomic E-state index is 12.3. The maximum Gasteiger partial charge on any atom is 0.305 e. The Hall–Kier alpha value is -2.04. The molecule has 5 heteroatoms. The molecular weight excluding hydrogens is 304 g/mol. The van der Waals surface area contributed by atoms with Crippen molar-refractivity contribution in [3.8, 4) is 0 Å². The Morgan fingerprint density at radius 3 is 2.62 bits per heavy atom. The van der Waals surface area contributed by atoms with Crippen LogP contribution < -0.4 is 10.4 Å². The molecule has 132 valence electrons. The molecule has 0 radical (unpaired) electrons. The van der Waals surface area contributed by atoms with Gasteiger partial charge in [-0.2, -0.15) is 0 Å². The fraction of sp³-hybridized carbons (Fsp3) is 0.579. The van der Waals surface area contributed by atoms with Gasteiger partial charge >= 0.3 is 5.97 Å². The van der Waals surface area contributed by atoms with Crippen molar-refractivity contribution in [3.63, 3.8) is 0 Å². The van der Waals surface area contributed by atoms with Crippen molar-refractivity contribution in [1.29, 1.82) is 0 Å². The molecule has 1 aromatic rings. The summed E-state index contributed by atoms with van der Waals surface area (Å²) in [5.74, 6) is -0.319. The number of hydrazine groups is 1. The van der Waals surface area contributed by atoms with Gasteiger partial charge in [0.15, 0.2) is 0 Å². The normalized spacial score (nSPS) is 20.1. The Morgan fingerprint density at radius 2 is 1.92 bits per heavy atom. The molecule has 5 nitrogen and oxygen atoms in total. The smallest absolute Gasteiger partial charge is 0.305 e. The van der Waals surface area contributed by atoms with Gasteiger partial charge in [-0.25, -0.2) is 0 Å². The molecule has 1 N–H and O–H groups in total. The number of ether oxygens (including phenoxy) is 1. The number of carbonyl (C=O) groups excluding carboxylic acids is 2. The number of benzene rings is 1. The number of para-hydroxylation sites is 1. The van der Waals surface area contributed by atoms with E-state index in [9.17, 15) is 9.59 Å². The van der Waals surface area contributed by atoms with Crippen LogP contribution in [0.15, 0.2) is 30.3 Å². The Bertz CT molecular complexity index is 547. The second kappa shape index (κ2) is 8.71. The zero-order chi connectivity index (χ0) is 17.4. The summed E-state index contributed by atoms with van der Waals surface area (Å²) < 4.78 is 5.36. The van der Waals surface area contributed by atoms with Crippen LogP contribution in [0, 0.1) is 5.41 Å². The van der Waals surface area contributed by atoms with Crippen LogP contribution >= 0.6 is 0 Å². The van der Waals surface area contributed by atoms with Crippen molar-refractivity contribution in [2.24, 2.45) is 5.41 Å². The zero-order valence-corrected chi connectivity index (χ0v) is 14.7. The molecule has 1 aliphatic heterocycles. The molecule has 1 fully saturated rings. The minimum atomic E-state index is -0.715. The number of hydrogen-bond donors (Lipinski definition) is 1. The quantitative estimate of drug-likeness (QED) is 0.556. The van der Waals surface area contributed by atoms with Gasteiger partial charge in [-0.3, -0.25) is 20.0 Å². The van der Waals surface area contributed by atoms with Gasteiger partial charge in [-0.05, 0) is 25.5 Å². The molecule has 0 bridgehead atoms. The lowest BCUT2D eigenvalue weighted by atomic mass is 9.92. The fourth-order valence-corrected chi connectivity index (χ4v) is 2.78. The maximum atomic E-state index is 12.3. The highest BCUT2D eigenvalue weighted by atomic mass is 16.5. The number of esters is 1. The fourth-order valence-electron chi connectivity index (χ4n) is 2.78. The SMILES string of the molecule is CCCCCCCC(=O)OCC1(C)CN(c2ccccc2)NC1=O. The summed E-state index contributed by atoms with van der Waals surface area (Å²) in [5.41, 5.74) is 3.07. The number of nitrogens with one attached hydrogen (secondary N) is 1. The van der Waals surface area contributed by atoms with Crippen molar-refractivity contribution in [1.82, 2.24) is 5.43 Å². The summed E-state index contributed by atoms with van der Waals surface area (Å²) in [7, 11) is 0. The van der Waals surface area contributed by atoms with E-state index in [0.29, 0.717) is 13.0 Å². The van der Waals surface area contributed by atoms with Crippen molar-refractivity contribution in [2.75, 3.05) is 18.2 Å². The van der Waals surface area contributed by atoms with Crippen LogP contribution in [0.3, 0.4) is 0 Å². The lowest BCUT2D eigenvalue weighted by Gasteiger charge is -2.21. The predicted octanol–water partition coefficient (Wildman–Crippen LogP) is 3.45. The first-order valence-corrected chi connectivity index (χ1v) is 8.84. The molecule has 1 aliphatic rings. The van der Waals surface area contributed by atoms with Crippen molar-refractivity contribution < 1.29 is 14.3 Å². The van der Waals surface area contributed by atoms with Crippen molar-refractivity contribution in [3.05, 3.63) is 30.3 Å². The van der Waals surface area contributed by atoms with Crippen LogP contribution in [0.4, 0.5) is 5.69 Å². The highest BCUT2D eigenvalue weighted by Gasteiger charge is 2.43. The Balaban J connectivity index is 1.77. The molecule has 1 heterocycles. The molecule has 0 saturated carbocycles. The highest BCUT2D eigenvalue weighted by Crippen LogP contribution is 2.28. The molecule has 1 aromatic carbocycles. The van der Waals surface area contributed by atoms with Crippen LogP contribution in [-0.4, -0.2) is 25.0 Å². The third-order valence-electron chi connectivity index (χ3n) is 4.40. The van der Waals surface area contributed by atoms with E-state index >= 15 is 0 Å². The van der Waals surface area contributed by atoms with E-state index in [1.807, 2.05) is 37.3 Å². The lowest BCUT2D eigenvalue weighted by Crippen LogP contribution is -2.35. The molecule has 1 unspecified atom stereocenters. The Labute approximate surface area is 144 Å². The summed E-state index contributed by atoms with van der Waals surface area (Å²) in [6.45, 7) is 4.61. The largest absolute Gasteiger partial charge is 0.464 e. The van der Waals surface area contributed by atoms with Crippen LogP contribution in [0.5, 0.6) is 0 Å². The number of rotatable bonds is 9. The average molecular weight is 332 g/mol. The summed E-state index contributed by atoms with van der Waals surface area (Å²) in [6.07, 6.45) is 5.92. The van der Waals surface area contributed by atoms with Crippen molar-refractivity contribution >= 4 is 17.6 Å². The molecule has 1 saturated heterocycles. The van der Waals surface area contributed by atoms with E-state index in [4.69, 9.17) is 4.74 Å². The monoisotopic (exact) mass is 332 g/mol. The standard InChI is InChI=1S/C19H28N2O3/c1-3-4-5-6-10-13-17(22)24-15-19(2)14-21(20-18(19)23)16-11-8-7-9-12-16/h7-9,11-12H,3-6,10,13-15H2,1-2H3,(H,20,23). The molecule has 2 rings (SSSR count). The minimum absolute atomic E-state index is 0.109. The van der Waals surface area contributed by atoms with Crippen molar-refractivity contribution in [2.45, 2.75) is 52.4 Å². The number of hydrogen-bond acceptors (Lipinski definition) is 4. The van der Waals surface area contributed by atoms with E-state index < -0.39 is 5.41 Å². The van der Waals surface area contributed by atoms with Gasteiger partial charge < -0.3 is 4.74 Å². The molecule has 0 aromatic heterocycles. The summed E-state index contributed by atoms with van der Waals surface area (Å²) >= 11 is 0. The lowest BCUT2D eigenvalue weighted by molar-refractivity contribution is -0.148. The van der Waals surface area contributed by atoms with Gasteiger partial charge in [0.25, 0.3) is 0 Å². The molecular formula is C19H28N2O3. The number of amides is 1. The van der Waals surface area contributed by atoms with E-state index in [1.54, 1.807) is 5.01 Å². The molecule has 0 aliphatic carbocycles. The first-order chi connectivity index (χ1) is 11.5. The van der Waals surface area contributed by atoms with Crippen LogP contribution in [0.1, 0.15) is 52.4 Å². The molecule has 0 spiro atoms. The number of carbonyl (C=O) groups is 2. The van der Waals surface area contributed by atoms with E-state index in [0.717, 1.165) is 24.9 Å². The number of unbranched alkanes of at least 4 members (excludes halogenated alkanes) is 4. The summed E-state index contributed by atoms with van der Waals surface area (Å²) in [4.78, 5) is 24.1.